The number of hydrogen-bond acceptors (Lipinski definition) is 2. The lowest BCUT2D eigenvalue weighted by Gasteiger charge is -2.42. The molecule has 54 heavy (non-hydrogen) atoms. The van der Waals surface area contributed by atoms with Gasteiger partial charge in [-0.15, -0.1) is 0 Å². The summed E-state index contributed by atoms with van der Waals surface area (Å²) >= 11 is 0. The fourth-order valence-electron chi connectivity index (χ4n) is 9.70. The Morgan fingerprint density at radius 1 is 0.519 bits per heavy atom. The van der Waals surface area contributed by atoms with Crippen LogP contribution in [0.2, 0.25) is 0 Å². The van der Waals surface area contributed by atoms with Crippen molar-refractivity contribution in [3.63, 3.8) is 0 Å². The van der Waals surface area contributed by atoms with E-state index in [9.17, 15) is 0 Å². The summed E-state index contributed by atoms with van der Waals surface area (Å²) in [5, 5.41) is 6.02. The second-order valence-corrected chi connectivity index (χ2v) is 15.0. The van der Waals surface area contributed by atoms with E-state index in [1.165, 1.54) is 93.9 Å². The largest absolute Gasteiger partial charge is 0.439 e. The molecule has 0 saturated heterocycles. The normalized spacial score (nSPS) is 12.9. The highest BCUT2D eigenvalue weighted by Crippen LogP contribution is 2.48. The van der Waals surface area contributed by atoms with Crippen LogP contribution in [0.25, 0.3) is 82.8 Å². The van der Waals surface area contributed by atoms with Crippen molar-refractivity contribution in [1.29, 1.82) is 0 Å². The molecule has 0 N–H and O–H groups in total. The molecule has 0 spiro atoms. The van der Waals surface area contributed by atoms with Crippen LogP contribution in [0.4, 0.5) is 11.4 Å². The van der Waals surface area contributed by atoms with E-state index in [-0.39, 0.29) is 6.85 Å². The Hall–Kier alpha value is -6.78. The number of aryl methyl sites for hydroxylation is 2. The molecule has 0 unspecified atom stereocenters. The molecule has 0 amide bonds. The predicted molar refractivity (Wildman–Crippen MR) is 227 cm³/mol. The zero-order valence-electron chi connectivity index (χ0n) is 30.0. The number of rotatable bonds is 3. The van der Waals surface area contributed by atoms with Crippen LogP contribution in [-0.4, -0.2) is 11.4 Å². The van der Waals surface area contributed by atoms with E-state index in [1.807, 2.05) is 0 Å². The number of hydrogen-bond donors (Lipinski definition) is 0. The Bertz CT molecular complexity index is 3170. The fourth-order valence-corrected chi connectivity index (χ4v) is 9.70. The molecule has 10 aromatic rings. The van der Waals surface area contributed by atoms with Gasteiger partial charge >= 0.3 is 6.85 Å². The summed E-state index contributed by atoms with van der Waals surface area (Å²) in [6.45, 7) is 4.40. The summed E-state index contributed by atoms with van der Waals surface area (Å²) in [5.41, 5.74) is 19.2. The highest BCUT2D eigenvalue weighted by molar-refractivity contribution is 6.93. The van der Waals surface area contributed by atoms with E-state index in [1.54, 1.807) is 0 Å². The molecule has 2 aromatic heterocycles. The van der Waals surface area contributed by atoms with E-state index in [0.29, 0.717) is 0 Å². The van der Waals surface area contributed by atoms with E-state index in [0.717, 1.165) is 22.4 Å². The number of fused-ring (bicyclic) bond motifs is 10. The van der Waals surface area contributed by atoms with Crippen molar-refractivity contribution in [2.75, 3.05) is 4.81 Å². The third-order valence-corrected chi connectivity index (χ3v) is 12.0. The summed E-state index contributed by atoms with van der Waals surface area (Å²) in [4.78, 5) is 2.60. The van der Waals surface area contributed by atoms with Crippen LogP contribution in [0, 0.1) is 13.8 Å². The Labute approximate surface area is 313 Å². The topological polar surface area (TPSA) is 21.3 Å². The van der Waals surface area contributed by atoms with Gasteiger partial charge in [-0.2, -0.15) is 0 Å². The number of anilines is 2. The van der Waals surface area contributed by atoms with Crippen molar-refractivity contribution in [3.05, 3.63) is 175 Å². The van der Waals surface area contributed by atoms with Crippen LogP contribution >= 0.6 is 0 Å². The molecule has 0 saturated carbocycles. The average molecular weight is 689 g/mol. The van der Waals surface area contributed by atoms with Gasteiger partial charge in [-0.25, -0.2) is 0 Å². The van der Waals surface area contributed by atoms with Crippen LogP contribution in [-0.2, 0) is 0 Å². The van der Waals surface area contributed by atoms with Crippen molar-refractivity contribution >= 4 is 72.9 Å². The zero-order chi connectivity index (χ0) is 35.7. The first-order chi connectivity index (χ1) is 26.6. The second kappa shape index (κ2) is 10.9. The van der Waals surface area contributed by atoms with Gasteiger partial charge in [0, 0.05) is 33.4 Å². The quantitative estimate of drug-likeness (QED) is 0.172. The molecule has 252 valence electrons. The van der Waals surface area contributed by atoms with Crippen molar-refractivity contribution in [2.45, 2.75) is 13.8 Å². The van der Waals surface area contributed by atoms with E-state index in [2.05, 4.69) is 187 Å². The van der Waals surface area contributed by atoms with Crippen LogP contribution in [0.1, 0.15) is 11.1 Å². The number of para-hydroxylation sites is 2. The highest BCUT2D eigenvalue weighted by atomic mass is 16.3. The summed E-state index contributed by atoms with van der Waals surface area (Å²) < 4.78 is 9.31. The van der Waals surface area contributed by atoms with Gasteiger partial charge in [0.15, 0.2) is 0 Å². The number of nitrogens with zero attached hydrogens (tertiary/aromatic N) is 2. The van der Waals surface area contributed by atoms with Gasteiger partial charge < -0.3 is 9.23 Å². The van der Waals surface area contributed by atoms with Gasteiger partial charge in [0.05, 0.1) is 10.9 Å². The minimum atomic E-state index is -0.0697. The molecule has 0 aliphatic carbocycles. The molecule has 4 heteroatoms. The van der Waals surface area contributed by atoms with Gasteiger partial charge in [0.25, 0.3) is 0 Å². The molecule has 0 radical (unpaired) electrons. The van der Waals surface area contributed by atoms with Crippen molar-refractivity contribution < 1.29 is 4.42 Å². The lowest BCUT2D eigenvalue weighted by Crippen LogP contribution is -2.60. The maximum atomic E-state index is 6.87. The lowest BCUT2D eigenvalue weighted by atomic mass is 9.44. The second-order valence-electron chi connectivity index (χ2n) is 15.0. The van der Waals surface area contributed by atoms with Crippen molar-refractivity contribution in [1.82, 2.24) is 4.57 Å². The molecule has 0 atom stereocenters. The van der Waals surface area contributed by atoms with Crippen LogP contribution < -0.4 is 15.7 Å². The minimum Gasteiger partial charge on any atom is -0.439 e. The fraction of sp³-hybridized carbons (Fsp3) is 0.0400. The minimum absolute atomic E-state index is 0.0697. The Morgan fingerprint density at radius 3 is 2.02 bits per heavy atom. The zero-order valence-corrected chi connectivity index (χ0v) is 30.0. The average Bonchev–Trinajstić information content (AvgIpc) is 3.75. The van der Waals surface area contributed by atoms with Crippen LogP contribution in [0.3, 0.4) is 0 Å². The summed E-state index contributed by atoms with van der Waals surface area (Å²) in [6.07, 6.45) is 0. The maximum Gasteiger partial charge on any atom is 0.333 e. The predicted octanol–water partition coefficient (Wildman–Crippen LogP) is 11.9. The smallest absolute Gasteiger partial charge is 0.333 e. The summed E-state index contributed by atoms with van der Waals surface area (Å²) in [6, 6.07) is 60.3. The summed E-state index contributed by atoms with van der Waals surface area (Å²) in [5.74, 6) is 0. The molecule has 2 aliphatic rings. The number of aromatic nitrogens is 1. The number of benzene rings is 8. The monoisotopic (exact) mass is 688 g/mol. The Balaban J connectivity index is 1.24. The van der Waals surface area contributed by atoms with Gasteiger partial charge in [0.1, 0.15) is 5.58 Å². The molecule has 12 rings (SSSR count). The third kappa shape index (κ3) is 3.97. The first-order valence-electron chi connectivity index (χ1n) is 18.8. The van der Waals surface area contributed by atoms with Gasteiger partial charge in [-0.1, -0.05) is 121 Å². The molecule has 0 bridgehead atoms. The van der Waals surface area contributed by atoms with E-state index in [4.69, 9.17) is 4.42 Å². The maximum absolute atomic E-state index is 6.87. The van der Waals surface area contributed by atoms with Crippen LogP contribution in [0.15, 0.2) is 168 Å². The lowest BCUT2D eigenvalue weighted by molar-refractivity contribution is 0.645. The molecular formula is C50H33BN2O. The van der Waals surface area contributed by atoms with Crippen LogP contribution in [0.5, 0.6) is 0 Å². The molecule has 2 aliphatic heterocycles. The van der Waals surface area contributed by atoms with Crippen molar-refractivity contribution in [2.24, 2.45) is 0 Å². The van der Waals surface area contributed by atoms with E-state index < -0.39 is 0 Å². The first kappa shape index (κ1) is 29.8. The summed E-state index contributed by atoms with van der Waals surface area (Å²) in [7, 11) is 0. The van der Waals surface area contributed by atoms with Gasteiger partial charge in [0.2, 0.25) is 5.71 Å². The molecule has 4 heterocycles. The number of furan rings is 1. The SMILES string of the molecule is Cc1cccc(C)c1-c1cc2c3c(c1)-n1c4oc5ccccc5c4c4cccc(c41)B3N(c1ccc(-c3ccccc3)cc1)c1cc3ccccc3cc1-2. The molecule has 0 fully saturated rings. The first-order valence-corrected chi connectivity index (χ1v) is 18.8. The molecule has 3 nitrogen and oxygen atoms in total. The molecule has 8 aromatic carbocycles. The van der Waals surface area contributed by atoms with E-state index >= 15 is 0 Å². The third-order valence-electron chi connectivity index (χ3n) is 12.0. The van der Waals surface area contributed by atoms with Gasteiger partial charge in [-0.3, -0.25) is 4.57 Å². The van der Waals surface area contributed by atoms with Gasteiger partial charge in [-0.05, 0) is 117 Å². The Morgan fingerprint density at radius 2 is 1.20 bits per heavy atom. The Kier molecular flexibility index (Phi) is 6.00. The van der Waals surface area contributed by atoms with Crippen molar-refractivity contribution in [3.8, 4) is 39.1 Å². The molecular weight excluding hydrogens is 655 g/mol. The standard InChI is InChI=1S/C50H33BN2O/c1-30-12-10-13-31(2)46(30)36-27-41-40-26-34-16-6-7-17-35(34)28-43(40)53(37-24-22-33(23-25-37)32-14-4-3-5-15-32)51-42-20-11-19-39-47-38-18-8-9-21-45(38)54-50(47)52(49(39)42)44(29-36)48(41)51/h3-29H,1-2H3. The highest BCUT2D eigenvalue weighted by Gasteiger charge is 2.44.